The molecule has 1 N–H and O–H groups in total. The molecule has 0 radical (unpaired) electrons. The summed E-state index contributed by atoms with van der Waals surface area (Å²) in [7, 11) is 3.91. The van der Waals surface area contributed by atoms with E-state index in [1.165, 1.54) is 4.68 Å². The Kier molecular flexibility index (Phi) is 7.87. The molecule has 0 aliphatic heterocycles. The molecule has 9 heteroatoms. The molecule has 0 fully saturated rings. The van der Waals surface area contributed by atoms with Crippen LogP contribution in [0.5, 0.6) is 0 Å². The molecule has 0 bridgehead atoms. The van der Waals surface area contributed by atoms with Crippen molar-refractivity contribution in [1.82, 2.24) is 30.4 Å². The number of ether oxygens (including phenoxy) is 1. The number of tetrazole rings is 1. The minimum absolute atomic E-state index is 0.00718. The van der Waals surface area contributed by atoms with Crippen LogP contribution in [0.4, 0.5) is 4.79 Å². The number of carbonyl (C=O) groups is 2. The molecule has 1 unspecified atom stereocenters. The van der Waals surface area contributed by atoms with Crippen molar-refractivity contribution in [3.63, 3.8) is 0 Å². The smallest absolute Gasteiger partial charge is 0.408 e. The van der Waals surface area contributed by atoms with Crippen LogP contribution >= 0.6 is 0 Å². The van der Waals surface area contributed by atoms with E-state index in [0.717, 1.165) is 12.1 Å². The van der Waals surface area contributed by atoms with Crippen molar-refractivity contribution in [2.24, 2.45) is 0 Å². The minimum atomic E-state index is -0.654. The van der Waals surface area contributed by atoms with Crippen molar-refractivity contribution in [2.75, 3.05) is 20.6 Å². The standard InChI is InChI=1S/C18H26N6O3/c1-4-15(19-18(26)27-13-14-8-6-5-7-9-14)16(25)12-24-17(20-21-22-24)10-11-23(2)3/h5-9,15H,4,10-13H2,1-3H3,(H,19,26). The summed E-state index contributed by atoms with van der Waals surface area (Å²) in [6.07, 6.45) is 0.467. The van der Waals surface area contributed by atoms with E-state index in [0.29, 0.717) is 18.7 Å². The number of nitrogens with one attached hydrogen (secondary N) is 1. The SMILES string of the molecule is CCC(NC(=O)OCc1ccccc1)C(=O)Cn1nnnc1CCN(C)C. The number of hydrogen-bond acceptors (Lipinski definition) is 7. The quantitative estimate of drug-likeness (QED) is 0.663. The first-order chi connectivity index (χ1) is 13.0. The van der Waals surface area contributed by atoms with Gasteiger partial charge >= 0.3 is 6.09 Å². The Morgan fingerprint density at radius 3 is 2.67 bits per heavy atom. The zero-order chi connectivity index (χ0) is 19.6. The van der Waals surface area contributed by atoms with Crippen LogP contribution in [0.15, 0.2) is 30.3 Å². The number of aromatic nitrogens is 4. The van der Waals surface area contributed by atoms with Crippen LogP contribution in [0.1, 0.15) is 24.7 Å². The fraction of sp³-hybridized carbons (Fsp3) is 0.500. The molecule has 1 amide bonds. The summed E-state index contributed by atoms with van der Waals surface area (Å²) < 4.78 is 6.66. The third kappa shape index (κ3) is 6.78. The average Bonchev–Trinajstić information content (AvgIpc) is 3.10. The molecule has 0 aliphatic rings. The fourth-order valence-corrected chi connectivity index (χ4v) is 2.42. The van der Waals surface area contributed by atoms with E-state index in [2.05, 4.69) is 20.8 Å². The normalized spacial score (nSPS) is 12.0. The average molecular weight is 374 g/mol. The second kappa shape index (κ2) is 10.4. The van der Waals surface area contributed by atoms with Crippen molar-refractivity contribution in [3.05, 3.63) is 41.7 Å². The molecule has 1 aromatic heterocycles. The monoisotopic (exact) mass is 374 g/mol. The Balaban J connectivity index is 1.86. The van der Waals surface area contributed by atoms with Crippen molar-refractivity contribution in [3.8, 4) is 0 Å². The minimum Gasteiger partial charge on any atom is -0.445 e. The predicted molar refractivity (Wildman–Crippen MR) is 98.9 cm³/mol. The fourth-order valence-electron chi connectivity index (χ4n) is 2.42. The molecule has 0 aliphatic carbocycles. The van der Waals surface area contributed by atoms with Crippen molar-refractivity contribution >= 4 is 11.9 Å². The van der Waals surface area contributed by atoms with E-state index in [4.69, 9.17) is 4.74 Å². The number of carbonyl (C=O) groups excluding carboxylic acids is 2. The summed E-state index contributed by atoms with van der Waals surface area (Å²) >= 11 is 0. The summed E-state index contributed by atoms with van der Waals surface area (Å²) in [4.78, 5) is 26.6. The Morgan fingerprint density at radius 1 is 1.26 bits per heavy atom. The van der Waals surface area contributed by atoms with Gasteiger partial charge in [-0.15, -0.1) is 5.10 Å². The van der Waals surface area contributed by atoms with E-state index in [1.807, 2.05) is 56.3 Å². The first-order valence-electron chi connectivity index (χ1n) is 8.89. The van der Waals surface area contributed by atoms with Crippen LogP contribution in [0.25, 0.3) is 0 Å². The molecule has 2 aromatic rings. The van der Waals surface area contributed by atoms with Gasteiger partial charge in [-0.2, -0.15) is 0 Å². The molecule has 27 heavy (non-hydrogen) atoms. The summed E-state index contributed by atoms with van der Waals surface area (Å²) in [5.41, 5.74) is 0.881. The summed E-state index contributed by atoms with van der Waals surface area (Å²) in [6, 6.07) is 8.70. The van der Waals surface area contributed by atoms with Crippen LogP contribution in [-0.2, 0) is 29.1 Å². The van der Waals surface area contributed by atoms with Crippen LogP contribution in [0, 0.1) is 0 Å². The highest BCUT2D eigenvalue weighted by molar-refractivity contribution is 5.87. The van der Waals surface area contributed by atoms with Crippen LogP contribution < -0.4 is 5.32 Å². The number of rotatable bonds is 10. The van der Waals surface area contributed by atoms with Crippen LogP contribution in [0.2, 0.25) is 0 Å². The molecule has 0 saturated heterocycles. The van der Waals surface area contributed by atoms with Gasteiger partial charge in [0.1, 0.15) is 13.2 Å². The second-order valence-electron chi connectivity index (χ2n) is 6.44. The number of benzene rings is 1. The van der Waals surface area contributed by atoms with Gasteiger partial charge in [0.2, 0.25) is 0 Å². The summed E-state index contributed by atoms with van der Waals surface area (Å²) in [5, 5.41) is 14.1. The molecule has 0 spiro atoms. The highest BCUT2D eigenvalue weighted by atomic mass is 16.5. The zero-order valence-electron chi connectivity index (χ0n) is 16.0. The Labute approximate surface area is 158 Å². The Morgan fingerprint density at radius 2 is 2.00 bits per heavy atom. The molecule has 1 aromatic carbocycles. The van der Waals surface area contributed by atoms with Gasteiger partial charge in [-0.3, -0.25) is 4.79 Å². The van der Waals surface area contributed by atoms with Gasteiger partial charge in [-0.1, -0.05) is 37.3 Å². The maximum Gasteiger partial charge on any atom is 0.408 e. The summed E-state index contributed by atoms with van der Waals surface area (Å²) in [6.45, 7) is 2.76. The van der Waals surface area contributed by atoms with Crippen LogP contribution in [-0.4, -0.2) is 63.7 Å². The number of likely N-dealkylation sites (N-methyl/N-ethyl adjacent to an activating group) is 1. The Hall–Kier alpha value is -2.81. The van der Waals surface area contributed by atoms with Crippen molar-refractivity contribution in [2.45, 2.75) is 39.0 Å². The van der Waals surface area contributed by atoms with E-state index >= 15 is 0 Å². The van der Waals surface area contributed by atoms with Gasteiger partial charge in [0.25, 0.3) is 0 Å². The van der Waals surface area contributed by atoms with Gasteiger partial charge in [0, 0.05) is 13.0 Å². The van der Waals surface area contributed by atoms with Gasteiger partial charge in [0.15, 0.2) is 11.6 Å². The molecular weight excluding hydrogens is 348 g/mol. The van der Waals surface area contributed by atoms with Crippen molar-refractivity contribution < 1.29 is 14.3 Å². The molecule has 146 valence electrons. The second-order valence-corrected chi connectivity index (χ2v) is 6.44. The Bertz CT molecular complexity index is 732. The zero-order valence-corrected chi connectivity index (χ0v) is 16.0. The predicted octanol–water partition coefficient (Wildman–Crippen LogP) is 1.05. The maximum atomic E-state index is 12.5. The first-order valence-corrected chi connectivity index (χ1v) is 8.89. The van der Waals surface area contributed by atoms with Gasteiger partial charge in [-0.25, -0.2) is 9.48 Å². The van der Waals surface area contributed by atoms with E-state index < -0.39 is 12.1 Å². The summed E-state index contributed by atoms with van der Waals surface area (Å²) in [5.74, 6) is 0.464. The highest BCUT2D eigenvalue weighted by Gasteiger charge is 2.21. The van der Waals surface area contributed by atoms with Crippen LogP contribution in [0.3, 0.4) is 0 Å². The molecule has 1 atom stereocenters. The maximum absolute atomic E-state index is 12.5. The number of alkyl carbamates (subject to hydrolysis) is 1. The third-order valence-corrected chi connectivity index (χ3v) is 4.00. The topological polar surface area (TPSA) is 102 Å². The molecule has 1 heterocycles. The number of hydrogen-bond donors (Lipinski definition) is 1. The first kappa shape index (κ1) is 20.5. The third-order valence-electron chi connectivity index (χ3n) is 4.00. The molecular formula is C18H26N6O3. The lowest BCUT2D eigenvalue weighted by molar-refractivity contribution is -0.121. The van der Waals surface area contributed by atoms with Gasteiger partial charge < -0.3 is 15.0 Å². The number of Topliss-reactive ketones (excluding diaryl/α,β-unsaturated/α-hetero) is 1. The van der Waals surface area contributed by atoms with Crippen molar-refractivity contribution in [1.29, 1.82) is 0 Å². The van der Waals surface area contributed by atoms with E-state index in [-0.39, 0.29) is 18.9 Å². The lowest BCUT2D eigenvalue weighted by Crippen LogP contribution is -2.42. The number of amides is 1. The number of ketones is 1. The highest BCUT2D eigenvalue weighted by Crippen LogP contribution is 2.03. The lowest BCUT2D eigenvalue weighted by Gasteiger charge is -2.16. The van der Waals surface area contributed by atoms with E-state index in [1.54, 1.807) is 0 Å². The lowest BCUT2D eigenvalue weighted by atomic mass is 10.1. The molecule has 0 saturated carbocycles. The van der Waals surface area contributed by atoms with E-state index in [9.17, 15) is 9.59 Å². The largest absolute Gasteiger partial charge is 0.445 e. The number of nitrogens with zero attached hydrogens (tertiary/aromatic N) is 5. The molecule has 9 nitrogen and oxygen atoms in total. The molecule has 2 rings (SSSR count). The van der Waals surface area contributed by atoms with Gasteiger partial charge in [0.05, 0.1) is 6.04 Å². The van der Waals surface area contributed by atoms with Gasteiger partial charge in [-0.05, 0) is 36.5 Å².